The molecule has 0 atom stereocenters. The average Bonchev–Trinajstić information content (AvgIpc) is 1.90. The minimum Gasteiger partial charge on any atom is -0.0776 e. The summed E-state index contributed by atoms with van der Waals surface area (Å²) < 4.78 is 0. The van der Waals surface area contributed by atoms with Crippen molar-refractivity contribution in [3.05, 3.63) is 0 Å². The van der Waals surface area contributed by atoms with Gasteiger partial charge in [-0.05, 0) is 47.3 Å². The van der Waals surface area contributed by atoms with Crippen molar-refractivity contribution in [1.82, 2.24) is 0 Å². The van der Waals surface area contributed by atoms with Gasteiger partial charge in [-0.3, -0.25) is 0 Å². The molecule has 0 aliphatic heterocycles. The topological polar surface area (TPSA) is 0 Å². The van der Waals surface area contributed by atoms with Crippen molar-refractivity contribution in [2.45, 2.75) is 7.43 Å². The Morgan fingerprint density at radius 2 is 0.444 bits per heavy atom. The van der Waals surface area contributed by atoms with Crippen molar-refractivity contribution in [3.63, 3.8) is 0 Å². The van der Waals surface area contributed by atoms with E-state index >= 15 is 0 Å². The molecule has 6 aliphatic rings. The molecule has 48 valence electrons. The van der Waals surface area contributed by atoms with Crippen LogP contribution in [-0.2, 0) is 0 Å². The van der Waals surface area contributed by atoms with Gasteiger partial charge in [-0.25, -0.2) is 0 Å². The van der Waals surface area contributed by atoms with Crippen molar-refractivity contribution in [1.29, 1.82) is 0 Å². The largest absolute Gasteiger partial charge is 0.0776 e. The van der Waals surface area contributed by atoms with Crippen LogP contribution in [0, 0.1) is 47.3 Å². The third kappa shape index (κ3) is 0.125. The molecular weight excluding hydrogens is 108 g/mol. The summed E-state index contributed by atoms with van der Waals surface area (Å²) in [7, 11) is 0. The molecule has 0 amide bonds. The Balaban J connectivity index is 0.000000288. The van der Waals surface area contributed by atoms with E-state index < -0.39 is 0 Å². The van der Waals surface area contributed by atoms with E-state index in [1.807, 2.05) is 0 Å². The number of hydrogen-bond acceptors (Lipinski definition) is 0. The SMILES string of the molecule is C.C12C3C4C1C1C2C3C41. The lowest BCUT2D eigenvalue weighted by Crippen LogP contribution is -3.00. The molecular formula is C9H12. The fourth-order valence-electron chi connectivity index (χ4n) is 5.29. The molecule has 0 aromatic carbocycles. The Hall–Kier alpha value is 0. The van der Waals surface area contributed by atoms with Gasteiger partial charge in [0.25, 0.3) is 0 Å². The second-order valence-electron chi connectivity index (χ2n) is 4.62. The zero-order valence-corrected chi connectivity index (χ0v) is 4.62. The molecule has 6 saturated carbocycles. The summed E-state index contributed by atoms with van der Waals surface area (Å²) in [6.45, 7) is 0. The standard InChI is InChI=1S/C8H8.CH4/c1-2-5-3(1)7-4(1)6(2)8(5)7;/h1-8H;1H4. The van der Waals surface area contributed by atoms with E-state index in [0.29, 0.717) is 0 Å². The van der Waals surface area contributed by atoms with E-state index in [4.69, 9.17) is 0 Å². The molecule has 9 heavy (non-hydrogen) atoms. The minimum absolute atomic E-state index is 0. The molecule has 0 aromatic rings. The predicted octanol–water partition coefficient (Wildman–Crippen LogP) is 1.62. The lowest BCUT2D eigenvalue weighted by atomic mass is 9.01. The molecule has 0 radical (unpaired) electrons. The maximum Gasteiger partial charge on any atom is -0.0312 e. The quantitative estimate of drug-likeness (QED) is 0.455. The van der Waals surface area contributed by atoms with Crippen LogP contribution >= 0.6 is 0 Å². The molecule has 6 aliphatic carbocycles. The summed E-state index contributed by atoms with van der Waals surface area (Å²) in [6.07, 6.45) is 0. The fourth-order valence-corrected chi connectivity index (χ4v) is 5.29. The van der Waals surface area contributed by atoms with Crippen LogP contribution in [0.1, 0.15) is 7.43 Å². The highest BCUT2D eigenvalue weighted by Gasteiger charge is 2.97. The van der Waals surface area contributed by atoms with Crippen LogP contribution in [0.2, 0.25) is 0 Å². The Kier molecular flexibility index (Phi) is 0.302. The third-order valence-electron chi connectivity index (χ3n) is 5.33. The Morgan fingerprint density at radius 1 is 0.333 bits per heavy atom. The highest BCUT2D eigenvalue weighted by atomic mass is 15.0. The van der Waals surface area contributed by atoms with E-state index in [1.165, 1.54) is 47.3 Å². The van der Waals surface area contributed by atoms with Crippen LogP contribution in [0.4, 0.5) is 0 Å². The van der Waals surface area contributed by atoms with Gasteiger partial charge in [0.15, 0.2) is 0 Å². The normalized spacial score (nSPS) is 96.0. The van der Waals surface area contributed by atoms with E-state index in [2.05, 4.69) is 0 Å². The van der Waals surface area contributed by atoms with Crippen molar-refractivity contribution >= 4 is 0 Å². The molecule has 0 nitrogen and oxygen atoms in total. The second-order valence-corrected chi connectivity index (χ2v) is 4.62. The van der Waals surface area contributed by atoms with Gasteiger partial charge in [-0.1, -0.05) is 7.43 Å². The smallest absolute Gasteiger partial charge is 0.0312 e. The number of rotatable bonds is 0. The van der Waals surface area contributed by atoms with Gasteiger partial charge in [0, 0.05) is 0 Å². The van der Waals surface area contributed by atoms with Crippen molar-refractivity contribution < 1.29 is 0 Å². The van der Waals surface area contributed by atoms with E-state index in [0.717, 1.165) is 0 Å². The molecule has 0 heterocycles. The zero-order valence-electron chi connectivity index (χ0n) is 4.62. The molecule has 0 aromatic heterocycles. The zero-order chi connectivity index (χ0) is 4.62. The first kappa shape index (κ1) is 4.00. The van der Waals surface area contributed by atoms with Crippen LogP contribution in [0.3, 0.4) is 0 Å². The van der Waals surface area contributed by atoms with Crippen molar-refractivity contribution in [2.75, 3.05) is 0 Å². The van der Waals surface area contributed by atoms with Crippen molar-refractivity contribution in [2.24, 2.45) is 47.3 Å². The Bertz CT molecular complexity index is 110. The maximum atomic E-state index is 1.33. The Labute approximate surface area is 55.6 Å². The van der Waals surface area contributed by atoms with Crippen LogP contribution in [0.15, 0.2) is 0 Å². The van der Waals surface area contributed by atoms with E-state index in [1.54, 1.807) is 0 Å². The molecule has 0 heteroatoms. The molecule has 0 bridgehead atoms. The first-order valence-electron chi connectivity index (χ1n) is 4.00. The maximum absolute atomic E-state index is 1.33. The highest BCUT2D eigenvalue weighted by Crippen LogP contribution is 3.00. The average molecular weight is 120 g/mol. The van der Waals surface area contributed by atoms with Crippen LogP contribution < -0.4 is 0 Å². The van der Waals surface area contributed by atoms with Gasteiger partial charge in [0.05, 0.1) is 0 Å². The van der Waals surface area contributed by atoms with Gasteiger partial charge in [0.1, 0.15) is 0 Å². The lowest BCUT2D eigenvalue weighted by molar-refractivity contribution is -0.565. The van der Waals surface area contributed by atoms with Crippen molar-refractivity contribution in [3.8, 4) is 0 Å². The van der Waals surface area contributed by atoms with Gasteiger partial charge >= 0.3 is 0 Å². The predicted molar refractivity (Wildman–Crippen MR) is 34.7 cm³/mol. The fraction of sp³-hybridized carbons (Fsp3) is 1.00. The molecule has 0 N–H and O–H groups in total. The van der Waals surface area contributed by atoms with E-state index in [-0.39, 0.29) is 7.43 Å². The first-order valence-corrected chi connectivity index (χ1v) is 4.00. The highest BCUT2D eigenvalue weighted by molar-refractivity contribution is 5.44. The summed E-state index contributed by atoms with van der Waals surface area (Å²) in [4.78, 5) is 0. The van der Waals surface area contributed by atoms with Gasteiger partial charge < -0.3 is 0 Å². The third-order valence-corrected chi connectivity index (χ3v) is 5.33. The monoisotopic (exact) mass is 120 g/mol. The Morgan fingerprint density at radius 3 is 0.556 bits per heavy atom. The second kappa shape index (κ2) is 0.681. The van der Waals surface area contributed by atoms with Gasteiger partial charge in [0.2, 0.25) is 0 Å². The van der Waals surface area contributed by atoms with Crippen LogP contribution in [-0.4, -0.2) is 0 Å². The summed E-state index contributed by atoms with van der Waals surface area (Å²) in [5.41, 5.74) is 0. The molecule has 0 spiro atoms. The first-order chi connectivity index (χ1) is 4.00. The molecule has 0 unspecified atom stereocenters. The molecule has 0 saturated heterocycles. The van der Waals surface area contributed by atoms with Crippen LogP contribution in [0.25, 0.3) is 0 Å². The minimum atomic E-state index is 0. The van der Waals surface area contributed by atoms with Gasteiger partial charge in [-0.2, -0.15) is 0 Å². The van der Waals surface area contributed by atoms with Gasteiger partial charge in [-0.15, -0.1) is 0 Å². The number of hydrogen-bond donors (Lipinski definition) is 0. The summed E-state index contributed by atoms with van der Waals surface area (Å²) in [5.74, 6) is 10.7. The molecule has 6 fully saturated rings. The molecule has 6 rings (SSSR count). The van der Waals surface area contributed by atoms with Crippen LogP contribution in [0.5, 0.6) is 0 Å². The summed E-state index contributed by atoms with van der Waals surface area (Å²) in [5, 5.41) is 0. The lowest BCUT2D eigenvalue weighted by Gasteiger charge is -3.03. The summed E-state index contributed by atoms with van der Waals surface area (Å²) in [6, 6.07) is 0. The summed E-state index contributed by atoms with van der Waals surface area (Å²) >= 11 is 0. The van der Waals surface area contributed by atoms with E-state index in [9.17, 15) is 0 Å².